The average molecular weight is 428 g/mol. The molecule has 0 amide bonds. The van der Waals surface area contributed by atoms with E-state index in [0.29, 0.717) is 35.9 Å². The normalized spacial score (nSPS) is 23.8. The number of carbonyl (C=O) groups excluding carboxylic acids is 1. The minimum absolute atomic E-state index is 0.130. The zero-order valence-electron chi connectivity index (χ0n) is 16.9. The van der Waals surface area contributed by atoms with Gasteiger partial charge in [-0.25, -0.2) is 4.68 Å². The lowest BCUT2D eigenvalue weighted by Gasteiger charge is -2.28. The Morgan fingerprint density at radius 1 is 1.17 bits per heavy atom. The van der Waals surface area contributed by atoms with Gasteiger partial charge in [0.25, 0.3) is 5.91 Å². The van der Waals surface area contributed by atoms with E-state index in [1.807, 2.05) is 12.1 Å². The van der Waals surface area contributed by atoms with Crippen molar-refractivity contribution in [3.8, 4) is 0 Å². The minimum atomic E-state index is -0.754. The first-order chi connectivity index (χ1) is 14.5. The fourth-order valence-corrected chi connectivity index (χ4v) is 5.30. The average Bonchev–Trinajstić information content (AvgIpc) is 3.53. The first-order valence-electron chi connectivity index (χ1n) is 10.9. The number of aromatic nitrogens is 2. The molecule has 0 spiro atoms. The molecule has 1 aromatic heterocycles. The van der Waals surface area contributed by atoms with Crippen LogP contribution < -0.4 is 5.32 Å². The predicted octanol–water partition coefficient (Wildman–Crippen LogP) is 4.11. The summed E-state index contributed by atoms with van der Waals surface area (Å²) in [5.41, 5.74) is 4.55. The highest BCUT2D eigenvalue weighted by Gasteiger charge is 2.35. The lowest BCUT2D eigenvalue weighted by atomic mass is 9.87. The molecule has 3 aliphatic rings. The first kappa shape index (κ1) is 19.8. The Labute approximate surface area is 180 Å². The van der Waals surface area contributed by atoms with Crippen molar-refractivity contribution in [2.45, 2.75) is 63.3 Å². The van der Waals surface area contributed by atoms with Gasteiger partial charge in [0.15, 0.2) is 0 Å². The second kappa shape index (κ2) is 7.82. The molecule has 1 aliphatic heterocycles. The lowest BCUT2D eigenvalue weighted by molar-refractivity contribution is -0.143. The Kier molecular flexibility index (Phi) is 5.15. The number of carbonyl (C=O) groups is 2. The molecule has 2 aliphatic carbocycles. The van der Waals surface area contributed by atoms with Crippen molar-refractivity contribution in [2.75, 3.05) is 6.54 Å². The van der Waals surface area contributed by atoms with Gasteiger partial charge in [0, 0.05) is 0 Å². The molecule has 1 saturated heterocycles. The monoisotopic (exact) mass is 427 g/mol. The number of hydrogen-bond donors (Lipinski definition) is 2. The summed E-state index contributed by atoms with van der Waals surface area (Å²) in [5, 5.41) is 18.2. The summed E-state index contributed by atoms with van der Waals surface area (Å²) < 4.78 is 1.57. The van der Waals surface area contributed by atoms with Crippen molar-refractivity contribution in [2.24, 2.45) is 5.92 Å². The number of carboxylic acid groups (broad SMARTS) is 1. The topological polar surface area (TPSA) is 84.2 Å². The molecule has 30 heavy (non-hydrogen) atoms. The summed E-state index contributed by atoms with van der Waals surface area (Å²) in [4.78, 5) is 25.2. The van der Waals surface area contributed by atoms with Crippen LogP contribution in [-0.2, 0) is 17.6 Å². The summed E-state index contributed by atoms with van der Waals surface area (Å²) in [6.07, 6.45) is 7.09. The maximum Gasteiger partial charge on any atom is 0.306 e. The van der Waals surface area contributed by atoms with Gasteiger partial charge in [0.2, 0.25) is 0 Å². The number of halogens is 1. The molecule has 0 radical (unpaired) electrons. The number of hydrogen-bond acceptors (Lipinski definition) is 4. The van der Waals surface area contributed by atoms with Crippen LogP contribution in [-0.4, -0.2) is 33.3 Å². The Balaban J connectivity index is 1.56. The summed E-state index contributed by atoms with van der Waals surface area (Å²) in [5.74, 6) is -0.875. The summed E-state index contributed by atoms with van der Waals surface area (Å²) in [6, 6.07) is 5.56. The molecule has 2 unspecified atom stereocenters. The Bertz CT molecular complexity index is 1010. The van der Waals surface area contributed by atoms with E-state index in [1.165, 1.54) is 0 Å². The highest BCUT2D eigenvalue weighted by Crippen LogP contribution is 2.43. The second-order valence-electron chi connectivity index (χ2n) is 8.78. The largest absolute Gasteiger partial charge is 0.481 e. The number of fused-ring (bicyclic) bond motifs is 1. The van der Waals surface area contributed by atoms with E-state index in [9.17, 15) is 14.7 Å². The van der Waals surface area contributed by atoms with Crippen LogP contribution in [0.25, 0.3) is 0 Å². The molecule has 2 aromatic rings. The highest BCUT2D eigenvalue weighted by atomic mass is 35.5. The molecular formula is C23H26ClN3O3. The van der Waals surface area contributed by atoms with Crippen LogP contribution in [0.5, 0.6) is 0 Å². The van der Waals surface area contributed by atoms with E-state index in [2.05, 4.69) is 5.32 Å². The Morgan fingerprint density at radius 3 is 2.73 bits per heavy atom. The van der Waals surface area contributed by atoms with Crippen molar-refractivity contribution < 1.29 is 14.7 Å². The van der Waals surface area contributed by atoms with Gasteiger partial charge >= 0.3 is 5.97 Å². The quantitative estimate of drug-likeness (QED) is 0.767. The molecule has 1 aromatic carbocycles. The zero-order valence-corrected chi connectivity index (χ0v) is 17.6. The Hall–Kier alpha value is -2.18. The van der Waals surface area contributed by atoms with Crippen molar-refractivity contribution >= 4 is 23.5 Å². The van der Waals surface area contributed by atoms with Crippen LogP contribution in [0.1, 0.15) is 83.4 Å². The number of benzene rings is 1. The van der Waals surface area contributed by atoms with Gasteiger partial charge in [0.1, 0.15) is 0 Å². The van der Waals surface area contributed by atoms with Crippen LogP contribution in [0, 0.1) is 5.92 Å². The maximum atomic E-state index is 13.7. The fraction of sp³-hybridized carbons (Fsp3) is 0.522. The summed E-state index contributed by atoms with van der Waals surface area (Å²) in [6.45, 7) is 0.646. The molecule has 5 rings (SSSR count). The molecule has 6 nitrogen and oxygen atoms in total. The number of rotatable bonds is 4. The van der Waals surface area contributed by atoms with Crippen LogP contribution in [0.4, 0.5) is 0 Å². The van der Waals surface area contributed by atoms with Crippen molar-refractivity contribution in [1.29, 1.82) is 0 Å². The number of nitrogens with one attached hydrogen (secondary N) is 1. The molecule has 1 saturated carbocycles. The van der Waals surface area contributed by atoms with Gasteiger partial charge in [-0.3, -0.25) is 9.59 Å². The Morgan fingerprint density at radius 2 is 1.97 bits per heavy atom. The van der Waals surface area contributed by atoms with Gasteiger partial charge in [-0.2, -0.15) is 5.10 Å². The SMILES string of the molecule is O=C(O)C1CCNC(c2nn(C(=O)c3c(Cl)cccc3C3CC3)c3c2CCCC3)C1. The molecule has 2 heterocycles. The van der Waals surface area contributed by atoms with Crippen LogP contribution >= 0.6 is 11.6 Å². The van der Waals surface area contributed by atoms with Crippen LogP contribution in [0.2, 0.25) is 5.02 Å². The maximum absolute atomic E-state index is 13.7. The van der Waals surface area contributed by atoms with Crippen LogP contribution in [0.15, 0.2) is 18.2 Å². The number of nitrogens with zero attached hydrogens (tertiary/aromatic N) is 2. The second-order valence-corrected chi connectivity index (χ2v) is 9.19. The number of aliphatic carboxylic acids is 1. The summed E-state index contributed by atoms with van der Waals surface area (Å²) in [7, 11) is 0. The van der Waals surface area contributed by atoms with Gasteiger partial charge in [-0.15, -0.1) is 0 Å². The van der Waals surface area contributed by atoms with E-state index in [0.717, 1.165) is 61.0 Å². The molecule has 0 bridgehead atoms. The molecule has 158 valence electrons. The van der Waals surface area contributed by atoms with E-state index in [1.54, 1.807) is 10.7 Å². The third kappa shape index (κ3) is 3.46. The van der Waals surface area contributed by atoms with Crippen LogP contribution in [0.3, 0.4) is 0 Å². The van der Waals surface area contributed by atoms with Crippen molar-refractivity contribution in [3.05, 3.63) is 51.3 Å². The van der Waals surface area contributed by atoms with E-state index < -0.39 is 5.97 Å². The third-order valence-electron chi connectivity index (χ3n) is 6.76. The minimum Gasteiger partial charge on any atom is -0.481 e. The van der Waals surface area contributed by atoms with E-state index in [4.69, 9.17) is 16.7 Å². The van der Waals surface area contributed by atoms with E-state index in [-0.39, 0.29) is 17.9 Å². The summed E-state index contributed by atoms with van der Waals surface area (Å²) >= 11 is 6.50. The van der Waals surface area contributed by atoms with Crippen molar-refractivity contribution in [3.63, 3.8) is 0 Å². The highest BCUT2D eigenvalue weighted by molar-refractivity contribution is 6.34. The lowest BCUT2D eigenvalue weighted by Crippen LogP contribution is -2.35. The standard InChI is InChI=1S/C23H26ClN3O3/c24-17-6-3-5-15(13-8-9-13)20(17)22(28)27-19-7-2-1-4-16(19)21(26-27)18-12-14(23(29)30)10-11-25-18/h3,5-6,13-14,18,25H,1-2,4,7-12H2,(H,29,30). The molecule has 2 fully saturated rings. The number of piperidine rings is 1. The molecule has 2 atom stereocenters. The third-order valence-corrected chi connectivity index (χ3v) is 7.08. The predicted molar refractivity (Wildman–Crippen MR) is 113 cm³/mol. The van der Waals surface area contributed by atoms with Gasteiger partial charge in [-0.05, 0) is 81.0 Å². The fourth-order valence-electron chi connectivity index (χ4n) is 5.03. The van der Waals surface area contributed by atoms with E-state index >= 15 is 0 Å². The number of carboxylic acids is 1. The molecule has 2 N–H and O–H groups in total. The van der Waals surface area contributed by atoms with Crippen molar-refractivity contribution in [1.82, 2.24) is 15.1 Å². The molecular weight excluding hydrogens is 402 g/mol. The smallest absolute Gasteiger partial charge is 0.306 e. The molecule has 7 heteroatoms. The van der Waals surface area contributed by atoms with Gasteiger partial charge < -0.3 is 10.4 Å². The zero-order chi connectivity index (χ0) is 20.8. The van der Waals surface area contributed by atoms with Gasteiger partial charge in [-0.1, -0.05) is 23.7 Å². The van der Waals surface area contributed by atoms with Gasteiger partial charge in [0.05, 0.1) is 33.9 Å². The first-order valence-corrected chi connectivity index (χ1v) is 11.3.